The van der Waals surface area contributed by atoms with Gasteiger partial charge >= 0.3 is 0 Å². The van der Waals surface area contributed by atoms with Gasteiger partial charge in [0.2, 0.25) is 0 Å². The van der Waals surface area contributed by atoms with Crippen LogP contribution >= 0.6 is 0 Å². The molecular formula is C10H18B2N2O4W2Y2-2. The maximum Gasteiger partial charge on any atom is 0.0681 e. The van der Waals surface area contributed by atoms with Gasteiger partial charge in [-0.05, 0) is 6.10 Å². The first-order valence-corrected chi connectivity index (χ1v) is 5.74. The molecule has 22 heavy (non-hydrogen) atoms. The molecule has 0 aromatic carbocycles. The number of hydrogen-bond acceptors (Lipinski definition) is 6. The number of aliphatic hydroxyl groups is 2. The fourth-order valence-electron chi connectivity index (χ4n) is 1.69. The molecule has 0 aromatic heterocycles. The van der Waals surface area contributed by atoms with E-state index in [2.05, 4.69) is 0 Å². The van der Waals surface area contributed by atoms with Gasteiger partial charge < -0.3 is 31.2 Å². The summed E-state index contributed by atoms with van der Waals surface area (Å²) in [4.78, 5) is 0. The third-order valence-electron chi connectivity index (χ3n) is 2.69. The summed E-state index contributed by atoms with van der Waals surface area (Å²) in [5.74, 6) is 0. The fourth-order valence-corrected chi connectivity index (χ4v) is 1.69. The summed E-state index contributed by atoms with van der Waals surface area (Å²) in [6.45, 7) is 0.247. The van der Waals surface area contributed by atoms with Gasteiger partial charge in [-0.1, -0.05) is 18.0 Å². The maximum atomic E-state index is 9.02. The van der Waals surface area contributed by atoms with Gasteiger partial charge in [-0.25, -0.2) is 0 Å². The van der Waals surface area contributed by atoms with Crippen molar-refractivity contribution in [2.45, 2.75) is 36.4 Å². The molecule has 6 N–H and O–H groups in total. The number of ether oxygens (including phenoxy) is 2. The smallest absolute Gasteiger partial charge is 0.0681 e. The van der Waals surface area contributed by atoms with Gasteiger partial charge in [-0.3, -0.25) is 12.8 Å². The quantitative estimate of drug-likeness (QED) is 0.173. The number of hydrogen-bond donors (Lipinski definition) is 4. The number of nitrogens with two attached hydrogens (primary N) is 2. The molecule has 0 saturated carbocycles. The minimum Gasteiger partial charge on any atom is -0.422 e. The molecule has 118 valence electrons. The van der Waals surface area contributed by atoms with Crippen molar-refractivity contribution in [3.63, 3.8) is 0 Å². The van der Waals surface area contributed by atoms with Crippen molar-refractivity contribution in [3.8, 4) is 0 Å². The Morgan fingerprint density at radius 1 is 1.00 bits per heavy atom. The van der Waals surface area contributed by atoms with E-state index < -0.39 is 18.1 Å². The van der Waals surface area contributed by atoms with E-state index in [0.717, 1.165) is 0 Å². The Morgan fingerprint density at radius 2 is 1.45 bits per heavy atom. The van der Waals surface area contributed by atoms with Crippen molar-refractivity contribution in [3.05, 3.63) is 12.8 Å². The number of aliphatic hydroxyl groups excluding tert-OH is 2. The van der Waals surface area contributed by atoms with Crippen molar-refractivity contribution < 1.29 is 127 Å². The zero-order valence-corrected chi connectivity index (χ0v) is 23.6. The molecule has 2 aliphatic rings. The number of rotatable bonds is 2. The topological polar surface area (TPSA) is 111 Å². The molecule has 6 atom stereocenters. The molecule has 0 aromatic rings. The summed E-state index contributed by atoms with van der Waals surface area (Å²) < 4.78 is 9.94. The molecule has 12 heteroatoms. The molecule has 6 nitrogen and oxygen atoms in total. The van der Waals surface area contributed by atoms with Crippen molar-refractivity contribution in [1.82, 2.24) is 0 Å². The normalized spacial score (nSPS) is 35.6. The summed E-state index contributed by atoms with van der Waals surface area (Å²) in [6.07, 6.45) is 1.99. The average Bonchev–Trinajstić information content (AvgIpc) is 2.81. The molecule has 2 aliphatic heterocycles. The van der Waals surface area contributed by atoms with Crippen LogP contribution < -0.4 is 11.5 Å². The minimum absolute atomic E-state index is 0. The van der Waals surface area contributed by atoms with Gasteiger partial charge in [0.1, 0.15) is 0 Å². The molecule has 0 spiro atoms. The standard InChI is InChI=1S/2C5H9BNO2.2W.2Y/c6-5-1-3(7)4(2-8)9-5;6-5-1-3(8)4(2-7)9-5;;;;/h2*1,3-5,8H,2,7H2;;;;/q2*-1;;;;/t2*3-,4-,5-;;;;/m11..../s1. The molecule has 2 fully saturated rings. The van der Waals surface area contributed by atoms with Gasteiger partial charge in [-0.15, -0.1) is 0 Å². The first-order chi connectivity index (χ1) is 8.47. The molecule has 2 rings (SSSR count). The van der Waals surface area contributed by atoms with E-state index in [1.807, 2.05) is 0 Å². The van der Waals surface area contributed by atoms with Crippen molar-refractivity contribution >= 4 is 15.7 Å². The molecule has 0 unspecified atom stereocenters. The summed E-state index contributed by atoms with van der Waals surface area (Å²) in [7, 11) is 10.6. The predicted molar refractivity (Wildman–Crippen MR) is 67.6 cm³/mol. The van der Waals surface area contributed by atoms with Crippen LogP contribution in [0, 0.1) is 12.8 Å². The molecular weight excluding hydrogens is 779 g/mol. The van der Waals surface area contributed by atoms with Crippen LogP contribution in [0.25, 0.3) is 0 Å². The largest absolute Gasteiger partial charge is 0.422 e. The second kappa shape index (κ2) is 17.9. The van der Waals surface area contributed by atoms with E-state index in [9.17, 15) is 0 Å². The van der Waals surface area contributed by atoms with Crippen LogP contribution in [0.3, 0.4) is 0 Å². The van der Waals surface area contributed by atoms with Gasteiger partial charge in [0.25, 0.3) is 0 Å². The summed E-state index contributed by atoms with van der Waals surface area (Å²) >= 11 is 0. The van der Waals surface area contributed by atoms with Crippen LogP contribution in [0.5, 0.6) is 0 Å². The van der Waals surface area contributed by atoms with E-state index in [1.54, 1.807) is 6.42 Å². The average molecular weight is 797 g/mol. The zero-order valence-electron chi connectivity index (χ0n) is 12.0. The van der Waals surface area contributed by atoms with E-state index in [0.29, 0.717) is 6.54 Å². The Hall–Kier alpha value is 3.47. The monoisotopic (exact) mass is 798 g/mol. The van der Waals surface area contributed by atoms with Crippen LogP contribution in [0.4, 0.5) is 0 Å². The Labute approximate surface area is 213 Å². The van der Waals surface area contributed by atoms with Gasteiger partial charge in [0.05, 0.1) is 34.5 Å². The Bertz CT molecular complexity index is 245. The van der Waals surface area contributed by atoms with Crippen molar-refractivity contribution in [1.29, 1.82) is 0 Å². The van der Waals surface area contributed by atoms with Crippen LogP contribution in [-0.2, 0) is 117 Å². The fraction of sp³-hybridized carbons (Fsp3) is 0.800. The van der Waals surface area contributed by atoms with Crippen LogP contribution in [-0.4, -0.2) is 75.4 Å². The molecule has 2 saturated heterocycles. The molecule has 0 bridgehead atoms. The first-order valence-electron chi connectivity index (χ1n) is 5.74. The van der Waals surface area contributed by atoms with Gasteiger partial charge in [-0.2, -0.15) is 0 Å². The molecule has 2 heterocycles. The summed E-state index contributed by atoms with van der Waals surface area (Å²) in [5.41, 5.74) is 10.7. The van der Waals surface area contributed by atoms with Crippen molar-refractivity contribution in [2.24, 2.45) is 11.5 Å². The first kappa shape index (κ1) is 33.1. The molecule has 0 aliphatic carbocycles. The summed E-state index contributed by atoms with van der Waals surface area (Å²) in [5, 5.41) is 17.6. The Balaban J connectivity index is -0.000000125. The van der Waals surface area contributed by atoms with Crippen molar-refractivity contribution in [2.75, 3.05) is 13.2 Å². The van der Waals surface area contributed by atoms with E-state index in [4.69, 9.17) is 46.8 Å². The van der Waals surface area contributed by atoms with Gasteiger partial charge in [0.15, 0.2) is 0 Å². The maximum absolute atomic E-state index is 9.02. The molecule has 6 radical (unpaired) electrons. The second-order valence-corrected chi connectivity index (χ2v) is 4.15. The van der Waals surface area contributed by atoms with Crippen LogP contribution in [0.2, 0.25) is 0 Å². The van der Waals surface area contributed by atoms with Gasteiger partial charge in [0, 0.05) is 114 Å². The summed E-state index contributed by atoms with van der Waals surface area (Å²) in [6, 6.07) is -1.07. The van der Waals surface area contributed by atoms with E-state index >= 15 is 0 Å². The minimum atomic E-state index is -0.593. The molecule has 0 amide bonds. The van der Waals surface area contributed by atoms with Crippen LogP contribution in [0.15, 0.2) is 0 Å². The Kier molecular flexibility index (Phi) is 26.9. The Morgan fingerprint density at radius 3 is 1.64 bits per heavy atom. The van der Waals surface area contributed by atoms with E-state index in [-0.39, 0.29) is 132 Å². The third-order valence-corrected chi connectivity index (χ3v) is 2.69. The zero-order chi connectivity index (χ0) is 13.7. The SMILES string of the molecule is [B][C@H]1[CH-][C@@H](N)[C@@H](CO)O1.[B][C@H]1[CH-][C@@H](O)[C@@H](CN)O1.[W].[W].[Y].[Y]. The third kappa shape index (κ3) is 12.0. The predicted octanol–water partition coefficient (Wildman–Crippen LogP) is -3.20. The van der Waals surface area contributed by atoms with E-state index in [1.165, 1.54) is 6.42 Å². The second-order valence-electron chi connectivity index (χ2n) is 4.15. The van der Waals surface area contributed by atoms with Crippen LogP contribution in [0.1, 0.15) is 0 Å².